The van der Waals surface area contributed by atoms with Crippen molar-refractivity contribution in [2.45, 2.75) is 119 Å². The molecule has 422 valence electrons. The molecule has 15 nitrogen and oxygen atoms in total. The van der Waals surface area contributed by atoms with Crippen LogP contribution in [0.1, 0.15) is 140 Å². The fourth-order valence-corrected chi connectivity index (χ4v) is 19.1. The molecular weight excluding hydrogens is 1010 g/mol. The highest BCUT2D eigenvalue weighted by Crippen LogP contribution is 2.75. The molecule has 7 aliphatic carbocycles. The van der Waals surface area contributed by atoms with E-state index in [0.29, 0.717) is 76.8 Å². The lowest BCUT2D eigenvalue weighted by molar-refractivity contribution is -0.194. The van der Waals surface area contributed by atoms with E-state index in [1.807, 2.05) is 19.1 Å². The predicted octanol–water partition coefficient (Wildman–Crippen LogP) is 8.72. The Morgan fingerprint density at radius 3 is 2.41 bits per heavy atom. The molecular formula is C65H75N3O12. The SMILES string of the molecule is CCNCOc1cc(OC)c2c3c1C(O)Nc1cc4c(c(c1-3)CC2)C(O)C(c1cc(OC)c(O)c(OCC(CO)C23c5c6cccc5C5CC7C(CCO)CCC(C7C2C5)C(C2(N5C(=O)C=CC5=O)CCCCC2)C3C=C6)c1)CO4. The first-order valence-electron chi connectivity index (χ1n) is 29.7. The van der Waals surface area contributed by atoms with Crippen LogP contribution in [-0.2, 0) is 27.8 Å². The van der Waals surface area contributed by atoms with Crippen molar-refractivity contribution < 1.29 is 58.8 Å². The number of fused-ring (bicyclic) bond motifs is 4. The van der Waals surface area contributed by atoms with E-state index in [2.05, 4.69) is 41.0 Å². The van der Waals surface area contributed by atoms with Crippen LogP contribution >= 0.6 is 0 Å². The number of nitrogens with one attached hydrogen (secondary N) is 2. The lowest BCUT2D eigenvalue weighted by atomic mass is 9.32. The van der Waals surface area contributed by atoms with Gasteiger partial charge in [-0.05, 0) is 152 Å². The van der Waals surface area contributed by atoms with E-state index in [9.17, 15) is 35.1 Å². The maximum Gasteiger partial charge on any atom is 0.254 e. The number of rotatable bonds is 16. The number of carbonyl (C=O) groups is 2. The smallest absolute Gasteiger partial charge is 0.254 e. The van der Waals surface area contributed by atoms with Crippen LogP contribution in [0.25, 0.3) is 17.2 Å². The predicted molar refractivity (Wildman–Crippen MR) is 299 cm³/mol. The molecule has 0 radical (unpaired) electrons. The van der Waals surface area contributed by atoms with E-state index in [0.717, 1.165) is 92.0 Å². The van der Waals surface area contributed by atoms with E-state index in [1.54, 1.807) is 24.1 Å². The van der Waals surface area contributed by atoms with E-state index in [-0.39, 0.29) is 91.8 Å². The molecule has 0 aromatic heterocycles. The zero-order valence-electron chi connectivity index (χ0n) is 46.0. The summed E-state index contributed by atoms with van der Waals surface area (Å²) in [5.74, 6) is 1.53. The number of aliphatic hydroxyl groups is 4. The minimum atomic E-state index is -1.07. The second-order valence-corrected chi connectivity index (χ2v) is 24.8. The molecule has 4 aromatic rings. The Kier molecular flexibility index (Phi) is 12.9. The molecule has 10 aliphatic rings. The monoisotopic (exact) mass is 1090 g/mol. The van der Waals surface area contributed by atoms with Gasteiger partial charge in [-0.1, -0.05) is 56.5 Å². The average molecular weight is 1090 g/mol. The first-order valence-corrected chi connectivity index (χ1v) is 29.7. The Labute approximate surface area is 467 Å². The number of methoxy groups -OCH3 is 2. The number of imide groups is 1. The first kappa shape index (κ1) is 52.0. The quantitative estimate of drug-likeness (QED) is 0.0318. The molecule has 13 unspecified atom stereocenters. The maximum atomic E-state index is 14.3. The van der Waals surface area contributed by atoms with Gasteiger partial charge in [0.2, 0.25) is 5.75 Å². The van der Waals surface area contributed by atoms with Gasteiger partial charge in [-0.15, -0.1) is 0 Å². The highest BCUT2D eigenvalue weighted by atomic mass is 16.5. The van der Waals surface area contributed by atoms with Crippen molar-refractivity contribution in [1.82, 2.24) is 10.2 Å². The molecule has 7 N–H and O–H groups in total. The number of phenols is 1. The fourth-order valence-electron chi connectivity index (χ4n) is 19.1. The average Bonchev–Trinajstić information content (AvgIpc) is 3.88. The Morgan fingerprint density at radius 1 is 0.863 bits per heavy atom. The standard InChI is InChI=1S/C65H75N3O12/c1-4-66-32-80-49-28-47(76-2)39-14-15-40-55-46(67-63(75)58(49)57(39)55)27-48-56(40)61(73)43(31-79-48)36-25-50(77-3)62(74)51(26-36)78-30-37(29-70)65-44-16-12-34-9-8-10-38(59(34)65)35-23-42-33(19-22-69)11-13-41(54(42)45(65)24-35)60(44)64(20-6-5-7-21-64)68-52(71)17-18-53(68)72/h8-10,12,16-18,25-28,33,35,37,41-45,54,60-61,63,66-67,69-70,73-75H,4-7,11,13-15,19-24,29-32H2,1-3H3. The summed E-state index contributed by atoms with van der Waals surface area (Å²) >= 11 is 0. The number of hydrogen-bond acceptors (Lipinski definition) is 14. The zero-order chi connectivity index (χ0) is 54.9. The number of carbonyl (C=O) groups excluding carboxylic acids is 2. The van der Waals surface area contributed by atoms with Crippen molar-refractivity contribution in [2.24, 2.45) is 47.3 Å². The van der Waals surface area contributed by atoms with Gasteiger partial charge in [-0.25, -0.2) is 0 Å². The Morgan fingerprint density at radius 2 is 1.65 bits per heavy atom. The van der Waals surface area contributed by atoms with Crippen LogP contribution < -0.4 is 34.3 Å². The van der Waals surface area contributed by atoms with Crippen molar-refractivity contribution >= 4 is 23.6 Å². The van der Waals surface area contributed by atoms with Gasteiger partial charge < -0.3 is 54.5 Å². The minimum Gasteiger partial charge on any atom is -0.502 e. The van der Waals surface area contributed by atoms with Crippen molar-refractivity contribution in [3.05, 3.63) is 105 Å². The summed E-state index contributed by atoms with van der Waals surface area (Å²) in [5, 5.41) is 66.1. The summed E-state index contributed by atoms with van der Waals surface area (Å²) in [7, 11) is 3.14. The van der Waals surface area contributed by atoms with E-state index in [4.69, 9.17) is 23.7 Å². The van der Waals surface area contributed by atoms with Gasteiger partial charge in [0.1, 0.15) is 24.0 Å². The summed E-state index contributed by atoms with van der Waals surface area (Å²) < 4.78 is 31.7. The number of aliphatic hydroxyl groups excluding tert-OH is 4. The molecule has 3 aliphatic heterocycles. The lowest BCUT2D eigenvalue weighted by Gasteiger charge is -2.73. The van der Waals surface area contributed by atoms with Gasteiger partial charge in [0.05, 0.1) is 51.2 Å². The van der Waals surface area contributed by atoms with Crippen LogP contribution in [0, 0.1) is 47.3 Å². The third-order valence-corrected chi connectivity index (χ3v) is 21.8. The molecule has 4 aromatic carbocycles. The minimum absolute atomic E-state index is 0.0357. The molecule has 2 bridgehead atoms. The summed E-state index contributed by atoms with van der Waals surface area (Å²) in [6.45, 7) is 2.99. The van der Waals surface area contributed by atoms with Crippen molar-refractivity contribution in [3.63, 3.8) is 0 Å². The number of phenolic OH excluding ortho intramolecular Hbond substituents is 1. The highest BCUT2D eigenvalue weighted by Gasteiger charge is 2.72. The number of anilines is 1. The number of benzene rings is 4. The molecule has 14 rings (SSSR count). The number of ether oxygens (including phenoxy) is 5. The van der Waals surface area contributed by atoms with Crippen LogP contribution in [0.4, 0.5) is 5.69 Å². The lowest BCUT2D eigenvalue weighted by Crippen LogP contribution is -2.73. The first-order chi connectivity index (χ1) is 39.0. The van der Waals surface area contributed by atoms with Gasteiger partial charge in [0.15, 0.2) is 17.7 Å². The Balaban J connectivity index is 0.859. The number of aromatic hydroxyl groups is 1. The summed E-state index contributed by atoms with van der Waals surface area (Å²) in [5.41, 5.74) is 8.47. The second-order valence-electron chi connectivity index (χ2n) is 24.8. The Bertz CT molecular complexity index is 3220. The van der Waals surface area contributed by atoms with Gasteiger partial charge in [-0.3, -0.25) is 19.8 Å². The third kappa shape index (κ3) is 7.34. The van der Waals surface area contributed by atoms with Crippen LogP contribution in [0.15, 0.2) is 60.7 Å². The topological polar surface area (TPSA) is 209 Å². The van der Waals surface area contributed by atoms with Crippen molar-refractivity contribution in [3.8, 4) is 45.6 Å². The molecule has 13 atom stereocenters. The van der Waals surface area contributed by atoms with Gasteiger partial charge in [0, 0.05) is 76.1 Å². The Hall–Kier alpha value is -6.10. The van der Waals surface area contributed by atoms with Crippen LogP contribution in [0.5, 0.6) is 34.5 Å². The molecule has 80 heavy (non-hydrogen) atoms. The van der Waals surface area contributed by atoms with Crippen molar-refractivity contribution in [1.29, 1.82) is 0 Å². The van der Waals surface area contributed by atoms with Crippen LogP contribution in [0.2, 0.25) is 0 Å². The molecule has 0 spiro atoms. The van der Waals surface area contributed by atoms with Crippen molar-refractivity contribution in [2.75, 3.05) is 59.2 Å². The summed E-state index contributed by atoms with van der Waals surface area (Å²) in [6.07, 6.45) is 15.6. The molecule has 2 amide bonds. The maximum absolute atomic E-state index is 14.3. The van der Waals surface area contributed by atoms with Crippen LogP contribution in [0.3, 0.4) is 0 Å². The highest BCUT2D eigenvalue weighted by molar-refractivity contribution is 6.13. The van der Waals surface area contributed by atoms with Gasteiger partial charge >= 0.3 is 0 Å². The van der Waals surface area contributed by atoms with Crippen LogP contribution in [-0.4, -0.2) is 102 Å². The third-order valence-electron chi connectivity index (χ3n) is 21.8. The molecule has 4 saturated carbocycles. The summed E-state index contributed by atoms with van der Waals surface area (Å²) in [4.78, 5) is 30.2. The van der Waals surface area contributed by atoms with E-state index in [1.165, 1.54) is 30.4 Å². The largest absolute Gasteiger partial charge is 0.502 e. The molecule has 3 heterocycles. The van der Waals surface area contributed by atoms with Gasteiger partial charge in [-0.2, -0.15) is 0 Å². The molecule has 4 fully saturated rings. The number of hydrogen-bond donors (Lipinski definition) is 7. The number of nitrogens with zero attached hydrogens (tertiary/aromatic N) is 1. The summed E-state index contributed by atoms with van der Waals surface area (Å²) in [6, 6.07) is 13.9. The van der Waals surface area contributed by atoms with E-state index >= 15 is 0 Å². The molecule has 15 heteroatoms. The zero-order valence-corrected chi connectivity index (χ0v) is 46.0. The second kappa shape index (κ2) is 19.8. The van der Waals surface area contributed by atoms with Gasteiger partial charge in [0.25, 0.3) is 11.8 Å². The molecule has 0 saturated heterocycles. The normalized spacial score (nSPS) is 31.6. The van der Waals surface area contributed by atoms with E-state index < -0.39 is 35.1 Å². The number of allylic oxidation sites excluding steroid dienone is 1. The fraction of sp³-hybridized carbons (Fsp3) is 0.538. The number of amides is 2.